The van der Waals surface area contributed by atoms with Gasteiger partial charge in [0.1, 0.15) is 11.5 Å². The normalized spacial score (nSPS) is 33.6. The Bertz CT molecular complexity index is 771. The maximum Gasteiger partial charge on any atom is 0.317 e. The van der Waals surface area contributed by atoms with Crippen molar-refractivity contribution in [1.29, 1.82) is 0 Å². The second kappa shape index (κ2) is 7.27. The van der Waals surface area contributed by atoms with Gasteiger partial charge < -0.3 is 20.3 Å². The van der Waals surface area contributed by atoms with Crippen LogP contribution in [0.5, 0.6) is 0 Å². The number of hydrogen-bond acceptors (Lipinski definition) is 3. The molecule has 2 N–H and O–H groups in total. The molecule has 156 valence electrons. The fourth-order valence-electron chi connectivity index (χ4n) is 5.96. The standard InChI is InChI=1S/C22H28FN3O3/c23-19-4-2-1-3-18(19)20(27)26-7-5-16(6-8-26)24-21(28)25-22-12-14-9-15(13-22)11-17(10-14)29-22/h1-4,14-17H,5-13H2,(H2,24,25,28). The first-order chi connectivity index (χ1) is 14.0. The lowest BCUT2D eigenvalue weighted by Gasteiger charge is -2.56. The average molecular weight is 401 g/mol. The highest BCUT2D eigenvalue weighted by Crippen LogP contribution is 2.51. The molecule has 5 fully saturated rings. The second-order valence-electron chi connectivity index (χ2n) is 9.23. The minimum Gasteiger partial charge on any atom is -0.352 e. The summed E-state index contributed by atoms with van der Waals surface area (Å²) in [5, 5.41) is 6.20. The number of carbonyl (C=O) groups excluding carboxylic acids is 2. The van der Waals surface area contributed by atoms with E-state index in [9.17, 15) is 14.0 Å². The smallest absolute Gasteiger partial charge is 0.317 e. The quantitative estimate of drug-likeness (QED) is 0.818. The van der Waals surface area contributed by atoms with Crippen molar-refractivity contribution in [1.82, 2.24) is 15.5 Å². The zero-order chi connectivity index (χ0) is 20.0. The Morgan fingerprint density at radius 2 is 1.76 bits per heavy atom. The molecule has 0 radical (unpaired) electrons. The number of urea groups is 1. The molecule has 1 aromatic rings. The van der Waals surface area contributed by atoms with E-state index in [-0.39, 0.29) is 23.5 Å². The van der Waals surface area contributed by atoms with Crippen LogP contribution in [0.4, 0.5) is 9.18 Å². The van der Waals surface area contributed by atoms with E-state index < -0.39 is 11.5 Å². The SMILES string of the molecule is O=C(NC1CCN(C(=O)c2ccccc2F)CC1)NC12CC3CC(CC(C3)O1)C2. The van der Waals surface area contributed by atoms with Crippen LogP contribution in [0.1, 0.15) is 55.3 Å². The highest BCUT2D eigenvalue weighted by atomic mass is 19.1. The molecule has 5 aliphatic rings. The molecule has 3 saturated heterocycles. The Labute approximate surface area is 170 Å². The number of likely N-dealkylation sites (tertiary alicyclic amines) is 1. The fraction of sp³-hybridized carbons (Fsp3) is 0.636. The van der Waals surface area contributed by atoms with E-state index in [2.05, 4.69) is 10.6 Å². The predicted octanol–water partition coefficient (Wildman–Crippen LogP) is 3.03. The molecule has 6 nitrogen and oxygen atoms in total. The van der Waals surface area contributed by atoms with Crippen LogP contribution in [0.25, 0.3) is 0 Å². The molecule has 1 aromatic carbocycles. The number of piperidine rings is 1. The zero-order valence-electron chi connectivity index (χ0n) is 16.5. The minimum absolute atomic E-state index is 0.00795. The van der Waals surface area contributed by atoms with E-state index in [1.807, 2.05) is 0 Å². The van der Waals surface area contributed by atoms with E-state index >= 15 is 0 Å². The highest BCUT2D eigenvalue weighted by molar-refractivity contribution is 5.94. The third-order valence-corrected chi connectivity index (χ3v) is 7.05. The lowest BCUT2D eigenvalue weighted by molar-refractivity contribution is -0.228. The van der Waals surface area contributed by atoms with Gasteiger partial charge >= 0.3 is 6.03 Å². The van der Waals surface area contributed by atoms with Gasteiger partial charge in [-0.2, -0.15) is 0 Å². The molecule has 3 amide bonds. The zero-order valence-corrected chi connectivity index (χ0v) is 16.5. The van der Waals surface area contributed by atoms with Crippen molar-refractivity contribution in [3.8, 4) is 0 Å². The summed E-state index contributed by atoms with van der Waals surface area (Å²) >= 11 is 0. The van der Waals surface area contributed by atoms with Gasteiger partial charge in [0.2, 0.25) is 0 Å². The van der Waals surface area contributed by atoms with Crippen molar-refractivity contribution in [2.75, 3.05) is 13.1 Å². The maximum absolute atomic E-state index is 13.9. The molecular formula is C22H28FN3O3. The number of nitrogens with one attached hydrogen (secondary N) is 2. The minimum atomic E-state index is -0.493. The molecule has 7 heteroatoms. The Morgan fingerprint density at radius 3 is 2.41 bits per heavy atom. The van der Waals surface area contributed by atoms with E-state index in [4.69, 9.17) is 4.74 Å². The predicted molar refractivity (Wildman–Crippen MR) is 105 cm³/mol. The monoisotopic (exact) mass is 401 g/mol. The summed E-state index contributed by atoms with van der Waals surface area (Å²) in [6, 6.07) is 5.90. The number of ether oxygens (including phenoxy) is 1. The Morgan fingerprint density at radius 1 is 1.07 bits per heavy atom. The number of hydrogen-bond donors (Lipinski definition) is 2. The summed E-state index contributed by atoms with van der Waals surface area (Å²) < 4.78 is 20.1. The Hall–Kier alpha value is -2.15. The van der Waals surface area contributed by atoms with Crippen molar-refractivity contribution in [2.45, 2.75) is 62.8 Å². The van der Waals surface area contributed by atoms with Crippen LogP contribution in [0.2, 0.25) is 0 Å². The van der Waals surface area contributed by atoms with Crippen LogP contribution in [0.15, 0.2) is 24.3 Å². The van der Waals surface area contributed by atoms with Gasteiger partial charge in [-0.1, -0.05) is 12.1 Å². The molecule has 0 spiro atoms. The van der Waals surface area contributed by atoms with Crippen molar-refractivity contribution in [3.63, 3.8) is 0 Å². The molecule has 0 aromatic heterocycles. The van der Waals surface area contributed by atoms with Gasteiger partial charge in [-0.05, 0) is 68.9 Å². The molecule has 3 heterocycles. The summed E-state index contributed by atoms with van der Waals surface area (Å²) in [5.41, 5.74) is -0.379. The summed E-state index contributed by atoms with van der Waals surface area (Å²) in [4.78, 5) is 26.8. The number of amides is 3. The van der Waals surface area contributed by atoms with Gasteiger partial charge in [0.25, 0.3) is 5.91 Å². The molecule has 2 unspecified atom stereocenters. The largest absolute Gasteiger partial charge is 0.352 e. The molecule has 2 atom stereocenters. The number of halogens is 1. The van der Waals surface area contributed by atoms with Crippen molar-refractivity contribution < 1.29 is 18.7 Å². The lowest BCUT2D eigenvalue weighted by Crippen LogP contribution is -2.65. The summed E-state index contributed by atoms with van der Waals surface area (Å²) in [6.45, 7) is 1.01. The van der Waals surface area contributed by atoms with E-state index in [1.165, 1.54) is 18.6 Å². The first-order valence-corrected chi connectivity index (χ1v) is 10.8. The second-order valence-corrected chi connectivity index (χ2v) is 9.23. The molecule has 29 heavy (non-hydrogen) atoms. The van der Waals surface area contributed by atoms with E-state index in [0.717, 1.165) is 25.7 Å². The molecule has 2 saturated carbocycles. The third kappa shape index (κ3) is 3.72. The Kier molecular flexibility index (Phi) is 4.73. The van der Waals surface area contributed by atoms with E-state index in [0.29, 0.717) is 43.9 Å². The van der Waals surface area contributed by atoms with Gasteiger partial charge in [0.15, 0.2) is 0 Å². The summed E-state index contributed by atoms with van der Waals surface area (Å²) in [6.07, 6.45) is 7.01. The van der Waals surface area contributed by atoms with Crippen LogP contribution in [0.3, 0.4) is 0 Å². The number of benzene rings is 1. The summed E-state index contributed by atoms with van der Waals surface area (Å²) in [7, 11) is 0. The third-order valence-electron chi connectivity index (χ3n) is 7.05. The summed E-state index contributed by atoms with van der Waals surface area (Å²) in [5.74, 6) is 0.573. The highest BCUT2D eigenvalue weighted by Gasteiger charge is 2.53. The van der Waals surface area contributed by atoms with Crippen LogP contribution in [-0.4, -0.2) is 47.8 Å². The first-order valence-electron chi connectivity index (χ1n) is 10.8. The van der Waals surface area contributed by atoms with Crippen molar-refractivity contribution >= 4 is 11.9 Å². The molecule has 6 rings (SSSR count). The fourth-order valence-corrected chi connectivity index (χ4v) is 5.96. The van der Waals surface area contributed by atoms with Gasteiger partial charge in [0, 0.05) is 19.1 Å². The first kappa shape index (κ1) is 18.9. The van der Waals surface area contributed by atoms with Gasteiger partial charge in [-0.3, -0.25) is 4.79 Å². The van der Waals surface area contributed by atoms with Crippen LogP contribution >= 0.6 is 0 Å². The van der Waals surface area contributed by atoms with Crippen molar-refractivity contribution in [3.05, 3.63) is 35.6 Å². The average Bonchev–Trinajstić information content (AvgIpc) is 2.67. The molecular weight excluding hydrogens is 373 g/mol. The van der Waals surface area contributed by atoms with Crippen LogP contribution in [-0.2, 0) is 4.74 Å². The maximum atomic E-state index is 13.9. The van der Waals surface area contributed by atoms with E-state index in [1.54, 1.807) is 17.0 Å². The van der Waals surface area contributed by atoms with Crippen molar-refractivity contribution in [2.24, 2.45) is 11.8 Å². The van der Waals surface area contributed by atoms with Crippen LogP contribution in [0, 0.1) is 17.7 Å². The van der Waals surface area contributed by atoms with Gasteiger partial charge in [-0.25, -0.2) is 9.18 Å². The molecule has 4 bridgehead atoms. The lowest BCUT2D eigenvalue weighted by atomic mass is 9.65. The number of nitrogens with zero attached hydrogens (tertiary/aromatic N) is 1. The Balaban J connectivity index is 1.13. The van der Waals surface area contributed by atoms with Gasteiger partial charge in [0.05, 0.1) is 11.7 Å². The molecule has 3 aliphatic heterocycles. The van der Waals surface area contributed by atoms with Gasteiger partial charge in [-0.15, -0.1) is 0 Å². The molecule has 2 aliphatic carbocycles. The number of rotatable bonds is 3. The number of carbonyl (C=O) groups is 2. The topological polar surface area (TPSA) is 70.7 Å². The van der Waals surface area contributed by atoms with Crippen LogP contribution < -0.4 is 10.6 Å².